The van der Waals surface area contributed by atoms with Gasteiger partial charge in [-0.2, -0.15) is 0 Å². The Hall–Kier alpha value is -1.71. The Morgan fingerprint density at radius 1 is 0.812 bits per heavy atom. The van der Waals surface area contributed by atoms with Crippen LogP contribution in [0.1, 0.15) is 0 Å². The molecule has 0 aliphatic heterocycles. The maximum Gasteiger partial charge on any atom is 0.0795 e. The van der Waals surface area contributed by atoms with Gasteiger partial charge in [-0.3, -0.25) is 9.97 Å². The fourth-order valence-corrected chi connectivity index (χ4v) is 1.70. The molecule has 0 unspecified atom stereocenters. The van der Waals surface area contributed by atoms with Crippen molar-refractivity contribution in [2.24, 2.45) is 0 Å². The Labute approximate surface area is 98.9 Å². The van der Waals surface area contributed by atoms with E-state index in [0.717, 1.165) is 21.8 Å². The Bertz CT molecular complexity index is 558. The lowest BCUT2D eigenvalue weighted by Crippen LogP contribution is -1.82. The molecule has 0 aliphatic rings. The Morgan fingerprint density at radius 3 is 2.44 bits per heavy atom. The van der Waals surface area contributed by atoms with Gasteiger partial charge in [0.25, 0.3) is 0 Å². The van der Waals surface area contributed by atoms with Crippen molar-refractivity contribution in [2.75, 3.05) is 0 Å². The van der Waals surface area contributed by atoms with Crippen LogP contribution in [-0.2, 0) is 0 Å². The maximum absolute atomic E-state index is 4.37. The molecule has 0 saturated heterocycles. The summed E-state index contributed by atoms with van der Waals surface area (Å²) in [6.45, 7) is 0. The van der Waals surface area contributed by atoms with Crippen LogP contribution >= 0.6 is 12.4 Å². The van der Waals surface area contributed by atoms with Crippen molar-refractivity contribution >= 4 is 34.2 Å². The number of nitrogens with zero attached hydrogens (tertiary/aromatic N) is 2. The van der Waals surface area contributed by atoms with Crippen molar-refractivity contribution in [1.82, 2.24) is 9.97 Å². The van der Waals surface area contributed by atoms with E-state index < -0.39 is 0 Å². The Morgan fingerprint density at radius 2 is 1.56 bits per heavy atom. The summed E-state index contributed by atoms with van der Waals surface area (Å²) >= 11 is 0. The van der Waals surface area contributed by atoms with Crippen molar-refractivity contribution < 1.29 is 5.48 Å². The zero-order chi connectivity index (χ0) is 9.38. The first-order valence-corrected chi connectivity index (χ1v) is 4.53. The molecule has 0 bridgehead atoms. The van der Waals surface area contributed by atoms with E-state index in [0.29, 0.717) is 0 Å². The second-order valence-corrected chi connectivity index (χ2v) is 3.21. The van der Waals surface area contributed by atoms with Crippen LogP contribution < -0.4 is 0 Å². The van der Waals surface area contributed by atoms with Crippen LogP contribution in [0.15, 0.2) is 48.8 Å². The van der Waals surface area contributed by atoms with Gasteiger partial charge in [0.15, 0.2) is 0 Å². The highest BCUT2D eigenvalue weighted by Crippen LogP contribution is 2.20. The van der Waals surface area contributed by atoms with Crippen LogP contribution in [0.3, 0.4) is 0 Å². The summed E-state index contributed by atoms with van der Waals surface area (Å²) in [5.74, 6) is 0. The van der Waals surface area contributed by atoms with E-state index >= 15 is 0 Å². The smallest absolute Gasteiger partial charge is 0.0795 e. The lowest BCUT2D eigenvalue weighted by molar-refractivity contribution is 0.824. The fraction of sp³-hybridized carbons (Fsp3) is 0. The van der Waals surface area contributed by atoms with Crippen LogP contribution in [-0.4, -0.2) is 15.4 Å². The van der Waals surface area contributed by atoms with Crippen molar-refractivity contribution in [3.8, 4) is 0 Å². The van der Waals surface area contributed by atoms with Crippen LogP contribution in [0.2, 0.25) is 0 Å². The molecule has 0 atom stereocenters. The molecule has 0 amide bonds. The molecule has 2 heterocycles. The lowest BCUT2D eigenvalue weighted by Gasteiger charge is -2.00. The molecule has 16 heavy (non-hydrogen) atoms. The molecule has 1 aromatic carbocycles. The third-order valence-corrected chi connectivity index (χ3v) is 2.35. The van der Waals surface area contributed by atoms with Crippen molar-refractivity contribution in [3.05, 3.63) is 48.8 Å². The number of fused-ring (bicyclic) bond motifs is 3. The van der Waals surface area contributed by atoms with Gasteiger partial charge < -0.3 is 5.48 Å². The second kappa shape index (κ2) is 4.88. The lowest BCUT2D eigenvalue weighted by atomic mass is 10.1. The zero-order valence-electron chi connectivity index (χ0n) is 8.42. The number of rotatable bonds is 0. The first kappa shape index (κ1) is 12.4. The third kappa shape index (κ3) is 1.83. The predicted molar refractivity (Wildman–Crippen MR) is 67.9 cm³/mol. The average Bonchev–Trinajstić information content (AvgIpc) is 2.29. The standard InChI is InChI=1S/C12H8N2.ClH.H2O/c1-3-9-5-6-11-10(4-2-7-13-11)12(9)14-8-1;;/h1-8H;1H;1H2. The minimum Gasteiger partial charge on any atom is -0.412 e. The number of halogens is 1. The topological polar surface area (TPSA) is 57.3 Å². The number of aromatic nitrogens is 2. The predicted octanol–water partition coefficient (Wildman–Crippen LogP) is 2.38. The van der Waals surface area contributed by atoms with Gasteiger partial charge in [-0.15, -0.1) is 12.4 Å². The van der Waals surface area contributed by atoms with Gasteiger partial charge in [0.05, 0.1) is 11.0 Å². The van der Waals surface area contributed by atoms with Gasteiger partial charge in [0.1, 0.15) is 0 Å². The summed E-state index contributed by atoms with van der Waals surface area (Å²) in [5, 5.41) is 2.28. The van der Waals surface area contributed by atoms with E-state index in [1.807, 2.05) is 24.4 Å². The molecule has 2 aromatic heterocycles. The molecule has 0 aliphatic carbocycles. The molecule has 3 nitrogen and oxygen atoms in total. The molecular formula is C12H11ClN2O. The van der Waals surface area contributed by atoms with Crippen LogP contribution in [0, 0.1) is 0 Å². The summed E-state index contributed by atoms with van der Waals surface area (Å²) in [4.78, 5) is 8.66. The highest BCUT2D eigenvalue weighted by atomic mass is 35.5. The molecule has 3 aromatic rings. The number of hydrogen-bond acceptors (Lipinski definition) is 2. The van der Waals surface area contributed by atoms with Gasteiger partial charge in [-0.1, -0.05) is 12.1 Å². The number of pyridine rings is 2. The van der Waals surface area contributed by atoms with E-state index in [9.17, 15) is 0 Å². The summed E-state index contributed by atoms with van der Waals surface area (Å²) in [5.41, 5.74) is 2.02. The van der Waals surface area contributed by atoms with E-state index in [1.165, 1.54) is 0 Å². The molecule has 3 rings (SSSR count). The quantitative estimate of drug-likeness (QED) is 0.561. The molecule has 2 N–H and O–H groups in total. The van der Waals surface area contributed by atoms with Crippen LogP contribution in [0.4, 0.5) is 0 Å². The minimum absolute atomic E-state index is 0. The summed E-state index contributed by atoms with van der Waals surface area (Å²) < 4.78 is 0. The number of benzene rings is 1. The number of hydrogen-bond donors (Lipinski definition) is 0. The molecule has 0 fully saturated rings. The van der Waals surface area contributed by atoms with Gasteiger partial charge in [0.2, 0.25) is 0 Å². The summed E-state index contributed by atoms with van der Waals surface area (Å²) in [6, 6.07) is 12.1. The van der Waals surface area contributed by atoms with Crippen molar-refractivity contribution in [1.29, 1.82) is 0 Å². The minimum atomic E-state index is 0. The molecular weight excluding hydrogens is 224 g/mol. The van der Waals surface area contributed by atoms with Crippen LogP contribution in [0.5, 0.6) is 0 Å². The third-order valence-electron chi connectivity index (χ3n) is 2.35. The van der Waals surface area contributed by atoms with Gasteiger partial charge >= 0.3 is 0 Å². The molecule has 4 heteroatoms. The highest BCUT2D eigenvalue weighted by Gasteiger charge is 1.99. The fourth-order valence-electron chi connectivity index (χ4n) is 1.70. The van der Waals surface area contributed by atoms with E-state index in [-0.39, 0.29) is 17.9 Å². The SMILES string of the molecule is Cl.O.c1cnc2c(c1)ccc1ncccc12. The monoisotopic (exact) mass is 234 g/mol. The van der Waals surface area contributed by atoms with Crippen molar-refractivity contribution in [2.45, 2.75) is 0 Å². The Kier molecular flexibility index (Phi) is 3.77. The summed E-state index contributed by atoms with van der Waals surface area (Å²) in [6.07, 6.45) is 3.62. The van der Waals surface area contributed by atoms with E-state index in [1.54, 1.807) is 6.20 Å². The first-order chi connectivity index (χ1) is 6.95. The highest BCUT2D eigenvalue weighted by molar-refractivity contribution is 6.03. The van der Waals surface area contributed by atoms with Gasteiger partial charge in [0, 0.05) is 23.2 Å². The Balaban J connectivity index is 0.000000640. The second-order valence-electron chi connectivity index (χ2n) is 3.21. The van der Waals surface area contributed by atoms with Gasteiger partial charge in [-0.05, 0) is 24.3 Å². The van der Waals surface area contributed by atoms with Gasteiger partial charge in [-0.25, -0.2) is 0 Å². The first-order valence-electron chi connectivity index (χ1n) is 4.53. The average molecular weight is 235 g/mol. The van der Waals surface area contributed by atoms with Crippen LogP contribution in [0.25, 0.3) is 21.8 Å². The van der Waals surface area contributed by atoms with E-state index in [4.69, 9.17) is 0 Å². The van der Waals surface area contributed by atoms with Crippen molar-refractivity contribution in [3.63, 3.8) is 0 Å². The molecule has 0 saturated carbocycles. The maximum atomic E-state index is 4.37. The van der Waals surface area contributed by atoms with E-state index in [2.05, 4.69) is 28.2 Å². The largest absolute Gasteiger partial charge is 0.412 e. The molecule has 0 radical (unpaired) electrons. The normalized spacial score (nSPS) is 9.50. The molecule has 82 valence electrons. The zero-order valence-corrected chi connectivity index (χ0v) is 9.24. The summed E-state index contributed by atoms with van der Waals surface area (Å²) in [7, 11) is 0. The molecule has 0 spiro atoms.